The summed E-state index contributed by atoms with van der Waals surface area (Å²) in [5, 5.41) is 1.81. The van der Waals surface area contributed by atoms with Crippen LogP contribution in [0.2, 0.25) is 0 Å². The Hall–Kier alpha value is -3.10. The maximum Gasteiger partial charge on any atom is 0.240 e. The summed E-state index contributed by atoms with van der Waals surface area (Å²) in [6, 6.07) is 18.0. The Labute approximate surface area is 189 Å². The number of fused-ring (bicyclic) bond motifs is 1. The van der Waals surface area contributed by atoms with Crippen LogP contribution in [0.15, 0.2) is 65.6 Å². The van der Waals surface area contributed by atoms with Gasteiger partial charge in [-0.2, -0.15) is 0 Å². The number of rotatable bonds is 10. The van der Waals surface area contributed by atoms with Gasteiger partial charge in [0.2, 0.25) is 15.9 Å². The van der Waals surface area contributed by atoms with Crippen LogP contribution in [-0.4, -0.2) is 46.5 Å². The van der Waals surface area contributed by atoms with E-state index in [0.717, 1.165) is 16.3 Å². The van der Waals surface area contributed by atoms with Gasteiger partial charge in [-0.3, -0.25) is 4.79 Å². The molecule has 0 spiro atoms. The van der Waals surface area contributed by atoms with Crippen LogP contribution in [0.25, 0.3) is 10.8 Å². The van der Waals surface area contributed by atoms with Crippen molar-refractivity contribution in [3.8, 4) is 11.5 Å². The van der Waals surface area contributed by atoms with Crippen LogP contribution in [0.1, 0.15) is 18.9 Å². The van der Waals surface area contributed by atoms with Crippen molar-refractivity contribution in [1.29, 1.82) is 0 Å². The minimum atomic E-state index is -3.71. The van der Waals surface area contributed by atoms with E-state index >= 15 is 0 Å². The van der Waals surface area contributed by atoms with Gasteiger partial charge in [0.05, 0.1) is 19.1 Å². The molecule has 0 aliphatic carbocycles. The lowest BCUT2D eigenvalue weighted by Gasteiger charge is -2.22. The van der Waals surface area contributed by atoms with Crippen molar-refractivity contribution in [2.45, 2.75) is 24.8 Å². The van der Waals surface area contributed by atoms with Crippen LogP contribution in [0.4, 0.5) is 0 Å². The van der Waals surface area contributed by atoms with E-state index in [1.165, 1.54) is 0 Å². The van der Waals surface area contributed by atoms with Gasteiger partial charge in [0, 0.05) is 26.1 Å². The summed E-state index contributed by atoms with van der Waals surface area (Å²) >= 11 is 0. The molecule has 32 heavy (non-hydrogen) atoms. The molecule has 170 valence electrons. The van der Waals surface area contributed by atoms with Crippen LogP contribution in [0.3, 0.4) is 0 Å². The van der Waals surface area contributed by atoms with Gasteiger partial charge in [-0.05, 0) is 47.5 Å². The molecule has 0 fully saturated rings. The third-order valence-electron chi connectivity index (χ3n) is 5.22. The molecule has 8 heteroatoms. The zero-order valence-corrected chi connectivity index (χ0v) is 19.3. The zero-order chi connectivity index (χ0) is 23.1. The number of hydrogen-bond donors (Lipinski definition) is 1. The highest BCUT2D eigenvalue weighted by Gasteiger charge is 2.17. The first-order valence-electron chi connectivity index (χ1n) is 10.3. The van der Waals surface area contributed by atoms with E-state index in [1.807, 2.05) is 43.3 Å². The van der Waals surface area contributed by atoms with Crippen LogP contribution in [0.5, 0.6) is 11.5 Å². The summed E-state index contributed by atoms with van der Waals surface area (Å²) < 4.78 is 38.4. The van der Waals surface area contributed by atoms with Crippen LogP contribution < -0.4 is 14.2 Å². The van der Waals surface area contributed by atoms with Gasteiger partial charge < -0.3 is 14.4 Å². The van der Waals surface area contributed by atoms with Crippen molar-refractivity contribution in [2.75, 3.05) is 27.3 Å². The number of nitrogens with zero attached hydrogens (tertiary/aromatic N) is 1. The number of amides is 1. The molecule has 1 N–H and O–H groups in total. The first-order chi connectivity index (χ1) is 15.4. The van der Waals surface area contributed by atoms with Crippen LogP contribution >= 0.6 is 0 Å². The molecule has 3 aromatic carbocycles. The third-order valence-corrected chi connectivity index (χ3v) is 6.68. The minimum Gasteiger partial charge on any atom is -0.493 e. The lowest BCUT2D eigenvalue weighted by atomic mass is 10.1. The SMILES string of the molecule is CCN(Cc1ccc(OC)c(OC)c1)C(=O)CCNS(=O)(=O)c1ccc2ccccc2c1. The number of ether oxygens (including phenoxy) is 2. The van der Waals surface area contributed by atoms with E-state index in [9.17, 15) is 13.2 Å². The highest BCUT2D eigenvalue weighted by molar-refractivity contribution is 7.89. The van der Waals surface area contributed by atoms with Crippen molar-refractivity contribution in [3.63, 3.8) is 0 Å². The molecule has 0 aliphatic heterocycles. The molecule has 0 radical (unpaired) electrons. The standard InChI is InChI=1S/C24H28N2O5S/c1-4-26(17-18-9-12-22(30-2)23(15-18)31-3)24(27)13-14-25-32(28,29)21-11-10-19-7-5-6-8-20(19)16-21/h5-12,15-16,25H,4,13-14,17H2,1-3H3. The van der Waals surface area contributed by atoms with E-state index in [-0.39, 0.29) is 23.8 Å². The lowest BCUT2D eigenvalue weighted by molar-refractivity contribution is -0.131. The van der Waals surface area contributed by atoms with Crippen molar-refractivity contribution in [1.82, 2.24) is 9.62 Å². The fourth-order valence-electron chi connectivity index (χ4n) is 3.44. The highest BCUT2D eigenvalue weighted by Crippen LogP contribution is 2.28. The molecular weight excluding hydrogens is 428 g/mol. The first kappa shape index (κ1) is 23.6. The van der Waals surface area contributed by atoms with Gasteiger partial charge in [0.15, 0.2) is 11.5 Å². The average Bonchev–Trinajstić information content (AvgIpc) is 2.81. The topological polar surface area (TPSA) is 84.9 Å². The number of hydrogen-bond acceptors (Lipinski definition) is 5. The summed E-state index contributed by atoms with van der Waals surface area (Å²) in [5.74, 6) is 1.08. The summed E-state index contributed by atoms with van der Waals surface area (Å²) in [6.45, 7) is 2.81. The maximum atomic E-state index is 12.7. The Morgan fingerprint density at radius 1 is 0.938 bits per heavy atom. The number of methoxy groups -OCH3 is 2. The number of carbonyl (C=O) groups is 1. The fraction of sp³-hybridized carbons (Fsp3) is 0.292. The summed E-state index contributed by atoms with van der Waals surface area (Å²) in [7, 11) is -0.577. The van der Waals surface area contributed by atoms with E-state index < -0.39 is 10.0 Å². The van der Waals surface area contributed by atoms with Gasteiger partial charge in [-0.25, -0.2) is 13.1 Å². The largest absolute Gasteiger partial charge is 0.493 e. The average molecular weight is 457 g/mol. The summed E-state index contributed by atoms with van der Waals surface area (Å²) in [4.78, 5) is 14.5. The fourth-order valence-corrected chi connectivity index (χ4v) is 4.51. The smallest absolute Gasteiger partial charge is 0.240 e. The number of benzene rings is 3. The Balaban J connectivity index is 1.60. The monoisotopic (exact) mass is 456 g/mol. The van der Waals surface area contributed by atoms with Gasteiger partial charge in [-0.1, -0.05) is 36.4 Å². The summed E-state index contributed by atoms with van der Waals surface area (Å²) in [6.07, 6.45) is 0.0634. The zero-order valence-electron chi connectivity index (χ0n) is 18.5. The van der Waals surface area contributed by atoms with Crippen molar-refractivity contribution < 1.29 is 22.7 Å². The van der Waals surface area contributed by atoms with E-state index in [0.29, 0.717) is 24.6 Å². The predicted molar refractivity (Wildman–Crippen MR) is 124 cm³/mol. The highest BCUT2D eigenvalue weighted by atomic mass is 32.2. The molecule has 7 nitrogen and oxygen atoms in total. The molecule has 0 saturated heterocycles. The Kier molecular flexibility index (Phi) is 7.71. The lowest BCUT2D eigenvalue weighted by Crippen LogP contribution is -2.34. The Morgan fingerprint density at radius 3 is 2.34 bits per heavy atom. The molecule has 0 aliphatic rings. The van der Waals surface area contributed by atoms with Gasteiger partial charge in [0.25, 0.3) is 0 Å². The van der Waals surface area contributed by atoms with Gasteiger partial charge in [-0.15, -0.1) is 0 Å². The van der Waals surface area contributed by atoms with E-state index in [2.05, 4.69) is 4.72 Å². The third kappa shape index (κ3) is 5.57. The first-order valence-corrected chi connectivity index (χ1v) is 11.8. The van der Waals surface area contributed by atoms with Crippen LogP contribution in [0, 0.1) is 0 Å². The number of nitrogens with one attached hydrogen (secondary N) is 1. The molecule has 1 amide bonds. The van der Waals surface area contributed by atoms with E-state index in [1.54, 1.807) is 43.4 Å². The van der Waals surface area contributed by atoms with Crippen molar-refractivity contribution in [3.05, 3.63) is 66.2 Å². The maximum absolute atomic E-state index is 12.7. The normalized spacial score (nSPS) is 11.3. The van der Waals surface area contributed by atoms with Crippen LogP contribution in [-0.2, 0) is 21.4 Å². The Morgan fingerprint density at radius 2 is 1.66 bits per heavy atom. The molecule has 0 heterocycles. The minimum absolute atomic E-state index is 0.0242. The van der Waals surface area contributed by atoms with Crippen molar-refractivity contribution >= 4 is 26.7 Å². The van der Waals surface area contributed by atoms with Gasteiger partial charge >= 0.3 is 0 Å². The molecule has 3 rings (SSSR count). The number of sulfonamides is 1. The van der Waals surface area contributed by atoms with Gasteiger partial charge in [0.1, 0.15) is 0 Å². The predicted octanol–water partition coefficient (Wildman–Crippen LogP) is 3.57. The molecular formula is C24H28N2O5S. The number of carbonyl (C=O) groups excluding carboxylic acids is 1. The molecule has 3 aromatic rings. The molecule has 0 saturated carbocycles. The quantitative estimate of drug-likeness (QED) is 0.504. The second-order valence-electron chi connectivity index (χ2n) is 7.25. The molecule has 0 aromatic heterocycles. The second-order valence-corrected chi connectivity index (χ2v) is 9.02. The molecule has 0 atom stereocenters. The molecule has 0 unspecified atom stereocenters. The molecule has 0 bridgehead atoms. The second kappa shape index (κ2) is 10.5. The van der Waals surface area contributed by atoms with Crippen molar-refractivity contribution in [2.24, 2.45) is 0 Å². The Bertz CT molecular complexity index is 1190. The summed E-state index contributed by atoms with van der Waals surface area (Å²) in [5.41, 5.74) is 0.898. The van der Waals surface area contributed by atoms with E-state index in [4.69, 9.17) is 9.47 Å².